The van der Waals surface area contributed by atoms with Gasteiger partial charge in [-0.3, -0.25) is 18.9 Å². The van der Waals surface area contributed by atoms with Crippen molar-refractivity contribution in [2.75, 3.05) is 6.61 Å². The van der Waals surface area contributed by atoms with E-state index in [-0.39, 0.29) is 12.0 Å². The first-order valence-corrected chi connectivity index (χ1v) is 13.1. The molecule has 2 unspecified atom stereocenters. The molecular weight excluding hydrogens is 515 g/mol. The van der Waals surface area contributed by atoms with Crippen molar-refractivity contribution >= 4 is 23.5 Å². The highest BCUT2D eigenvalue weighted by atomic mass is 31.3. The Hall–Kier alpha value is -1.92. The van der Waals surface area contributed by atoms with E-state index < -0.39 is 59.8 Å². The molecule has 20 heteroatoms. The smallest absolute Gasteiger partial charge is 0.490 e. The Labute approximate surface area is 184 Å². The van der Waals surface area contributed by atoms with Gasteiger partial charge in [0, 0.05) is 18.2 Å². The van der Waals surface area contributed by atoms with Crippen molar-refractivity contribution in [3.8, 4) is 6.07 Å². The summed E-state index contributed by atoms with van der Waals surface area (Å²) in [5, 5.41) is 8.57. The third kappa shape index (κ3) is 8.42. The third-order valence-electron chi connectivity index (χ3n) is 3.85. The number of nitrogens with one attached hydrogen (secondary N) is 1. The number of hydrogen-bond donors (Lipinski definition) is 5. The second kappa shape index (κ2) is 10.6. The lowest BCUT2D eigenvalue weighted by Crippen LogP contribution is -2.33. The Morgan fingerprint density at radius 1 is 1.24 bits per heavy atom. The molecule has 1 aromatic heterocycles. The fourth-order valence-electron chi connectivity index (χ4n) is 2.61. The van der Waals surface area contributed by atoms with Crippen molar-refractivity contribution in [1.29, 1.82) is 5.26 Å². The quantitative estimate of drug-likeness (QED) is 0.149. The number of rotatable bonds is 10. The summed E-state index contributed by atoms with van der Waals surface area (Å²) in [6, 6.07) is 1.66. The van der Waals surface area contributed by atoms with Gasteiger partial charge in [0.05, 0.1) is 25.0 Å². The van der Waals surface area contributed by atoms with E-state index in [1.54, 1.807) is 6.07 Å². The predicted molar refractivity (Wildman–Crippen MR) is 104 cm³/mol. The molecule has 0 saturated carbocycles. The zero-order valence-corrected chi connectivity index (χ0v) is 19.2. The van der Waals surface area contributed by atoms with Crippen LogP contribution in [-0.2, 0) is 36.3 Å². The van der Waals surface area contributed by atoms with Crippen LogP contribution in [0.15, 0.2) is 28.1 Å². The number of allylic oxidation sites excluding steroid dienone is 1. The van der Waals surface area contributed by atoms with Crippen LogP contribution < -0.4 is 11.2 Å². The Balaban J connectivity index is 2.17. The topological polar surface area (TPSA) is 257 Å². The summed E-state index contributed by atoms with van der Waals surface area (Å²) >= 11 is 0. The van der Waals surface area contributed by atoms with Gasteiger partial charge in [-0.1, -0.05) is 0 Å². The molecule has 184 valence electrons. The zero-order valence-electron chi connectivity index (χ0n) is 16.5. The molecule has 0 spiro atoms. The van der Waals surface area contributed by atoms with Gasteiger partial charge in [0.25, 0.3) is 5.56 Å². The summed E-state index contributed by atoms with van der Waals surface area (Å²) in [4.78, 5) is 61.6. The van der Waals surface area contributed by atoms with E-state index in [1.807, 2.05) is 0 Å². The lowest BCUT2D eigenvalue weighted by molar-refractivity contribution is -0.0471. The summed E-state index contributed by atoms with van der Waals surface area (Å²) in [5.74, 6) is 0. The van der Waals surface area contributed by atoms with Crippen LogP contribution in [0.1, 0.15) is 18.2 Å². The van der Waals surface area contributed by atoms with Gasteiger partial charge in [-0.05, 0) is 6.92 Å². The van der Waals surface area contributed by atoms with Crippen molar-refractivity contribution in [3.63, 3.8) is 0 Å². The average Bonchev–Trinajstić information content (AvgIpc) is 3.03. The molecule has 1 aromatic rings. The molecule has 2 rings (SSSR count). The average molecular weight is 533 g/mol. The van der Waals surface area contributed by atoms with Gasteiger partial charge < -0.3 is 29.0 Å². The molecule has 1 saturated heterocycles. The van der Waals surface area contributed by atoms with Crippen LogP contribution >= 0.6 is 23.5 Å². The van der Waals surface area contributed by atoms with E-state index >= 15 is 0 Å². The lowest BCUT2D eigenvalue weighted by atomic mass is 10.2. The Kier molecular flexibility index (Phi) is 8.74. The number of nitrogens with zero attached hydrogens (tertiary/aromatic N) is 2. The molecule has 17 nitrogen and oxygen atoms in total. The third-order valence-corrected chi connectivity index (χ3v) is 7.65. The molecule has 0 bridgehead atoms. The molecule has 5 N–H and O–H groups in total. The van der Waals surface area contributed by atoms with Crippen molar-refractivity contribution < 1.29 is 55.9 Å². The normalized spacial score (nSPS) is 24.8. The van der Waals surface area contributed by atoms with E-state index in [9.17, 15) is 33.1 Å². The monoisotopic (exact) mass is 533 g/mol. The number of H-pyrrole nitrogens is 1. The van der Waals surface area contributed by atoms with E-state index in [1.165, 1.54) is 13.1 Å². The zero-order chi connectivity index (χ0) is 25.0. The standard InChI is InChI=1S/C13H18N3O14P3/c1-8-6-16(13(18)15-12(8)17)11-5-9(26-4-2-3-14)10(28-11)7-27-32(22,23)30-33(24,25)29-31(19,20)21/h2,4,6,9-11H,5,7H2,1H3,(H,22,23)(H,24,25)(H,15,17,18)(H2,19,20,21)/t9-,10+,11+/m0/s1. The molecule has 2 heterocycles. The maximum atomic E-state index is 12.1. The predicted octanol–water partition coefficient (Wildman–Crippen LogP) is -0.102. The summed E-state index contributed by atoms with van der Waals surface area (Å²) in [5.41, 5.74) is -1.27. The Morgan fingerprint density at radius 3 is 2.52 bits per heavy atom. The highest BCUT2D eigenvalue weighted by Crippen LogP contribution is 2.66. The Morgan fingerprint density at radius 2 is 1.91 bits per heavy atom. The van der Waals surface area contributed by atoms with Crippen LogP contribution in [0.2, 0.25) is 0 Å². The van der Waals surface area contributed by atoms with Crippen LogP contribution in [0.4, 0.5) is 0 Å². The SMILES string of the molecule is Cc1cn([C@H]2C[C@H](OC=CC#N)[C@@H](COP(=O)(O)OP(=O)(O)OP(=O)(O)O)O2)c(=O)[nH]c1=O. The highest BCUT2D eigenvalue weighted by molar-refractivity contribution is 7.66. The first-order valence-electron chi connectivity index (χ1n) is 8.58. The van der Waals surface area contributed by atoms with Crippen LogP contribution in [-0.4, -0.2) is 47.9 Å². The van der Waals surface area contributed by atoms with Gasteiger partial charge in [-0.15, -0.1) is 0 Å². The number of phosphoric ester groups is 1. The molecular formula is C13H18N3O14P3. The highest BCUT2D eigenvalue weighted by Gasteiger charge is 2.43. The second-order valence-corrected chi connectivity index (χ2v) is 10.8. The van der Waals surface area contributed by atoms with Crippen molar-refractivity contribution in [2.45, 2.75) is 31.8 Å². The summed E-state index contributed by atoms with van der Waals surface area (Å²) < 4.78 is 57.7. The van der Waals surface area contributed by atoms with Gasteiger partial charge in [-0.25, -0.2) is 18.5 Å². The largest absolute Gasteiger partial charge is 0.494 e. The minimum atomic E-state index is -5.71. The molecule has 0 radical (unpaired) electrons. The molecule has 5 atom stereocenters. The van der Waals surface area contributed by atoms with Crippen LogP contribution in [0.25, 0.3) is 0 Å². The number of aromatic nitrogens is 2. The second-order valence-electron chi connectivity index (χ2n) is 6.34. The molecule has 1 fully saturated rings. The fraction of sp³-hybridized carbons (Fsp3) is 0.462. The maximum Gasteiger partial charge on any atom is 0.490 e. The van der Waals surface area contributed by atoms with Gasteiger partial charge in [0.1, 0.15) is 18.4 Å². The molecule has 0 aromatic carbocycles. The van der Waals surface area contributed by atoms with Gasteiger partial charge >= 0.3 is 29.2 Å². The van der Waals surface area contributed by atoms with E-state index in [2.05, 4.69) is 18.1 Å². The number of nitriles is 1. The lowest BCUT2D eigenvalue weighted by Gasteiger charge is -2.20. The number of phosphoric acid groups is 3. The van der Waals surface area contributed by atoms with Gasteiger partial charge in [-0.2, -0.15) is 13.9 Å². The fourth-order valence-corrected chi connectivity index (χ4v) is 5.64. The maximum absolute atomic E-state index is 12.1. The molecule has 1 aliphatic rings. The Bertz CT molecular complexity index is 1200. The van der Waals surface area contributed by atoms with Crippen LogP contribution in [0.3, 0.4) is 0 Å². The number of aryl methyl sites for hydroxylation is 1. The van der Waals surface area contributed by atoms with E-state index in [0.29, 0.717) is 0 Å². The minimum Gasteiger partial charge on any atom is -0.494 e. The molecule has 0 aliphatic carbocycles. The van der Waals surface area contributed by atoms with Crippen molar-refractivity contribution in [3.05, 3.63) is 44.9 Å². The number of hydrogen-bond acceptors (Lipinski definition) is 11. The molecule has 0 amide bonds. The first-order chi connectivity index (χ1) is 15.1. The van der Waals surface area contributed by atoms with E-state index in [4.69, 9.17) is 24.5 Å². The first kappa shape index (κ1) is 27.3. The van der Waals surface area contributed by atoms with Crippen LogP contribution in [0, 0.1) is 18.3 Å². The molecule has 33 heavy (non-hydrogen) atoms. The van der Waals surface area contributed by atoms with Crippen LogP contribution in [0.5, 0.6) is 0 Å². The minimum absolute atomic E-state index is 0.0639. The molecule has 1 aliphatic heterocycles. The van der Waals surface area contributed by atoms with E-state index in [0.717, 1.165) is 16.9 Å². The number of ether oxygens (including phenoxy) is 2. The summed E-state index contributed by atoms with van der Waals surface area (Å²) in [6.07, 6.45) is -0.168. The van der Waals surface area contributed by atoms with Gasteiger partial charge in [0.15, 0.2) is 0 Å². The summed E-state index contributed by atoms with van der Waals surface area (Å²) in [7, 11) is -16.7. The van der Waals surface area contributed by atoms with Crippen molar-refractivity contribution in [1.82, 2.24) is 9.55 Å². The number of aromatic amines is 1. The van der Waals surface area contributed by atoms with Gasteiger partial charge in [0.2, 0.25) is 0 Å². The summed E-state index contributed by atoms with van der Waals surface area (Å²) in [6.45, 7) is 0.586. The van der Waals surface area contributed by atoms with Crippen molar-refractivity contribution in [2.24, 2.45) is 0 Å².